The Kier molecular flexibility index (Phi) is 15.6. The number of nitrogens with zero attached hydrogens (tertiary/aromatic N) is 2. The van der Waals surface area contributed by atoms with Crippen molar-refractivity contribution in [1.82, 2.24) is 9.13 Å². The lowest BCUT2D eigenvalue weighted by Gasteiger charge is -2.17. The number of anilines is 1. The minimum absolute atomic E-state index is 0.0755. The van der Waals surface area contributed by atoms with E-state index < -0.39 is 0 Å². The van der Waals surface area contributed by atoms with Gasteiger partial charge in [-0.25, -0.2) is 4.79 Å². The van der Waals surface area contributed by atoms with Gasteiger partial charge < -0.3 is 5.32 Å². The summed E-state index contributed by atoms with van der Waals surface area (Å²) in [5.74, 6) is 0.755. The quantitative estimate of drug-likeness (QED) is 0.271. The van der Waals surface area contributed by atoms with Crippen molar-refractivity contribution in [2.45, 2.75) is 86.5 Å². The number of allylic oxidation sites excluding steroid dienone is 1. The normalized spacial score (nSPS) is 12.2. The Morgan fingerprint density at radius 3 is 2.16 bits per heavy atom. The van der Waals surface area contributed by atoms with E-state index in [2.05, 4.69) is 32.2 Å². The first-order valence-electron chi connectivity index (χ1n) is 11.5. The maximum Gasteiger partial charge on any atom is 0.328 e. The van der Waals surface area contributed by atoms with Crippen molar-refractivity contribution in [1.29, 1.82) is 0 Å². The van der Waals surface area contributed by atoms with Crippen molar-refractivity contribution < 1.29 is 4.79 Å². The molecule has 0 saturated carbocycles. The Morgan fingerprint density at radius 1 is 1.10 bits per heavy atom. The van der Waals surface area contributed by atoms with Gasteiger partial charge in [0.05, 0.1) is 16.5 Å². The zero-order valence-corrected chi connectivity index (χ0v) is 22.5. The van der Waals surface area contributed by atoms with Crippen LogP contribution in [-0.4, -0.2) is 20.7 Å². The van der Waals surface area contributed by atoms with Gasteiger partial charge in [0.15, 0.2) is 0 Å². The lowest BCUT2D eigenvalue weighted by Crippen LogP contribution is -2.30. The van der Waals surface area contributed by atoms with E-state index in [1.165, 1.54) is 42.0 Å². The highest BCUT2D eigenvalue weighted by atomic mass is 32.2. The number of hydrogen-bond acceptors (Lipinski definition) is 5. The maximum absolute atomic E-state index is 12.1. The second-order valence-electron chi connectivity index (χ2n) is 7.92. The Morgan fingerprint density at radius 2 is 1.68 bits per heavy atom. The van der Waals surface area contributed by atoms with Crippen LogP contribution < -0.4 is 11.0 Å². The minimum Gasteiger partial charge on any atom is -0.347 e. The van der Waals surface area contributed by atoms with Crippen LogP contribution in [0.1, 0.15) is 85.3 Å². The molecule has 0 aromatic carbocycles. The number of thioether (sulfide) groups is 1. The highest BCUT2D eigenvalue weighted by Gasteiger charge is 2.14. The van der Waals surface area contributed by atoms with Crippen molar-refractivity contribution in [2.75, 3.05) is 11.1 Å². The third-order valence-electron chi connectivity index (χ3n) is 5.31. The Hall–Kier alpha value is -1.34. The van der Waals surface area contributed by atoms with Gasteiger partial charge in [0, 0.05) is 25.7 Å². The summed E-state index contributed by atoms with van der Waals surface area (Å²) in [6, 6.07) is 0. The van der Waals surface area contributed by atoms with E-state index in [0.717, 1.165) is 35.7 Å². The molecule has 7 heteroatoms. The topological polar surface area (TPSA) is 56.0 Å². The molecule has 0 aliphatic rings. The van der Waals surface area contributed by atoms with Crippen molar-refractivity contribution >= 4 is 35.5 Å². The number of carbonyl (C=O) groups is 1. The van der Waals surface area contributed by atoms with E-state index in [9.17, 15) is 9.59 Å². The molecule has 178 valence electrons. The summed E-state index contributed by atoms with van der Waals surface area (Å²) in [6.45, 7) is 12.4. The smallest absolute Gasteiger partial charge is 0.328 e. The van der Waals surface area contributed by atoms with Crippen molar-refractivity contribution in [3.8, 4) is 0 Å². The van der Waals surface area contributed by atoms with Gasteiger partial charge in [-0.2, -0.15) is 0 Å². The molecule has 0 aliphatic heterocycles. The van der Waals surface area contributed by atoms with Gasteiger partial charge in [-0.3, -0.25) is 13.9 Å². The van der Waals surface area contributed by atoms with Gasteiger partial charge in [0.25, 0.3) is 0 Å². The summed E-state index contributed by atoms with van der Waals surface area (Å²) in [5, 5.41) is 4.27. The first-order chi connectivity index (χ1) is 14.7. The monoisotopic (exact) mass is 469 g/mol. The molecule has 1 rings (SSSR count). The Labute approximate surface area is 198 Å². The van der Waals surface area contributed by atoms with Crippen molar-refractivity contribution in [3.05, 3.63) is 31.9 Å². The highest BCUT2D eigenvalue weighted by Crippen LogP contribution is 2.24. The van der Waals surface area contributed by atoms with Gasteiger partial charge in [0.2, 0.25) is 0 Å². The lowest BCUT2D eigenvalue weighted by molar-refractivity contribution is -0.119. The molecular weight excluding hydrogens is 426 g/mol. The molecule has 0 bridgehead atoms. The molecule has 1 aromatic rings. The van der Waals surface area contributed by atoms with Crippen LogP contribution in [0.5, 0.6) is 0 Å². The highest BCUT2D eigenvalue weighted by molar-refractivity contribution is 8.03. The van der Waals surface area contributed by atoms with Crippen molar-refractivity contribution in [2.24, 2.45) is 20.0 Å². The Balaban J connectivity index is 0.00000131. The molecule has 5 nitrogen and oxygen atoms in total. The lowest BCUT2D eigenvalue weighted by atomic mass is 10.1. The number of hydrogen-bond donors (Lipinski definition) is 1. The third-order valence-corrected chi connectivity index (χ3v) is 6.80. The molecule has 1 unspecified atom stereocenters. The number of aromatic nitrogens is 2. The van der Waals surface area contributed by atoms with Gasteiger partial charge in [-0.05, 0) is 19.8 Å². The van der Waals surface area contributed by atoms with Crippen LogP contribution in [0.2, 0.25) is 0 Å². The zero-order chi connectivity index (χ0) is 24.0. The van der Waals surface area contributed by atoms with Crippen LogP contribution in [0, 0.1) is 17.5 Å². The predicted molar refractivity (Wildman–Crippen MR) is 140 cm³/mol. The van der Waals surface area contributed by atoms with Crippen LogP contribution in [0.4, 0.5) is 5.69 Å². The fraction of sp³-hybridized carbons (Fsp3) is 0.708. The summed E-state index contributed by atoms with van der Waals surface area (Å²) in [4.78, 5) is 24.3. The molecule has 31 heavy (non-hydrogen) atoms. The maximum atomic E-state index is 12.1. The predicted octanol–water partition coefficient (Wildman–Crippen LogP) is 6.75. The van der Waals surface area contributed by atoms with Crippen LogP contribution in [-0.2, 0) is 18.9 Å². The van der Waals surface area contributed by atoms with Crippen LogP contribution in [0.3, 0.4) is 0 Å². The standard InChI is InChI=1S/C18H29N3O2S2.C6H14/c1-7-9-10-15(25-11-14(22)12(3)8-2)19-16-13(4)20(5)18(23)21(6)17(16)24;1-3-5-6-4-2/h10,12,19H,7-9,11H2,1-6H3;3-6H2,1-2H3/b15-10-;. The first-order valence-corrected chi connectivity index (χ1v) is 12.9. The summed E-state index contributed by atoms with van der Waals surface area (Å²) >= 11 is 6.94. The van der Waals surface area contributed by atoms with E-state index >= 15 is 0 Å². The van der Waals surface area contributed by atoms with Gasteiger partial charge >= 0.3 is 5.69 Å². The minimum atomic E-state index is -0.147. The van der Waals surface area contributed by atoms with Crippen LogP contribution in [0.25, 0.3) is 0 Å². The SMILES string of the molecule is CCC/C=C(/Nc1c(C)n(C)c(=O)n(C)c1=S)SCC(=O)C(C)CC.CCCCCC. The van der Waals surface area contributed by atoms with E-state index in [-0.39, 0.29) is 17.4 Å². The van der Waals surface area contributed by atoms with E-state index in [1.54, 1.807) is 18.7 Å². The second-order valence-corrected chi connectivity index (χ2v) is 9.32. The Bertz CT molecular complexity index is 821. The third kappa shape index (κ3) is 10.2. The van der Waals surface area contributed by atoms with Gasteiger partial charge in [0.1, 0.15) is 10.4 Å². The second kappa shape index (κ2) is 16.3. The zero-order valence-electron chi connectivity index (χ0n) is 20.8. The summed E-state index contributed by atoms with van der Waals surface area (Å²) in [7, 11) is 3.40. The number of carbonyl (C=O) groups excluding carboxylic acids is 1. The van der Waals surface area contributed by atoms with E-state index in [4.69, 9.17) is 12.2 Å². The number of ketones is 1. The summed E-state index contributed by atoms with van der Waals surface area (Å²) in [5.41, 5.74) is 1.38. The fourth-order valence-electron chi connectivity index (χ4n) is 2.65. The number of unbranched alkanes of at least 4 members (excludes halogenated alkanes) is 4. The number of nitrogens with one attached hydrogen (secondary N) is 1. The molecule has 1 N–H and O–H groups in total. The van der Waals surface area contributed by atoms with E-state index in [0.29, 0.717) is 10.4 Å². The molecule has 0 aliphatic carbocycles. The van der Waals surface area contributed by atoms with Crippen LogP contribution in [0.15, 0.2) is 15.9 Å². The molecule has 1 atom stereocenters. The molecule has 0 amide bonds. The van der Waals surface area contributed by atoms with Crippen LogP contribution >= 0.6 is 24.0 Å². The number of Topliss-reactive ketones (excluding diaryl/α,β-unsaturated/α-hetero) is 1. The first kappa shape index (κ1) is 29.7. The van der Waals surface area contributed by atoms with Crippen molar-refractivity contribution in [3.63, 3.8) is 0 Å². The molecular formula is C24H43N3O2S2. The fourth-order valence-corrected chi connectivity index (χ4v) is 3.92. The number of rotatable bonds is 12. The average molecular weight is 470 g/mol. The van der Waals surface area contributed by atoms with Gasteiger partial charge in [-0.15, -0.1) is 11.8 Å². The molecule has 0 saturated heterocycles. The average Bonchev–Trinajstić information content (AvgIpc) is 2.78. The molecule has 0 spiro atoms. The molecule has 1 heterocycles. The summed E-state index contributed by atoms with van der Waals surface area (Å²) < 4.78 is 3.50. The molecule has 0 fully saturated rings. The molecule has 1 aromatic heterocycles. The van der Waals surface area contributed by atoms with Gasteiger partial charge in [-0.1, -0.05) is 85.0 Å². The molecule has 0 radical (unpaired) electrons. The van der Waals surface area contributed by atoms with E-state index in [1.807, 2.05) is 20.8 Å². The summed E-state index contributed by atoms with van der Waals surface area (Å²) in [6.07, 6.45) is 10.4. The largest absolute Gasteiger partial charge is 0.347 e.